The van der Waals surface area contributed by atoms with Crippen molar-refractivity contribution in [1.82, 2.24) is 15.2 Å². The van der Waals surface area contributed by atoms with E-state index in [0.717, 1.165) is 19.4 Å². The molecule has 3 unspecified atom stereocenters. The molecule has 3 N–H and O–H groups in total. The van der Waals surface area contributed by atoms with Crippen LogP contribution in [0.4, 0.5) is 0 Å². The van der Waals surface area contributed by atoms with E-state index in [0.29, 0.717) is 12.0 Å². The molecule has 28 heavy (non-hydrogen) atoms. The van der Waals surface area contributed by atoms with Gasteiger partial charge in [-0.15, -0.1) is 0 Å². The van der Waals surface area contributed by atoms with Crippen LogP contribution in [0.1, 0.15) is 48.9 Å². The molecule has 5 rings (SSSR count). The van der Waals surface area contributed by atoms with Crippen molar-refractivity contribution >= 4 is 22.4 Å². The van der Waals surface area contributed by atoms with Gasteiger partial charge in [0.1, 0.15) is 0 Å². The van der Waals surface area contributed by atoms with Gasteiger partial charge >= 0.3 is 0 Å². The summed E-state index contributed by atoms with van der Waals surface area (Å²) in [7, 11) is 2.13. The number of aromatic nitrogens is 1. The van der Waals surface area contributed by atoms with Crippen molar-refractivity contribution in [1.29, 1.82) is 0 Å². The van der Waals surface area contributed by atoms with Gasteiger partial charge in [0.15, 0.2) is 0 Å². The third-order valence-electron chi connectivity index (χ3n) is 6.81. The molecule has 1 aliphatic heterocycles. The number of hydrogen-bond acceptors (Lipinski definition) is 3. The number of likely N-dealkylation sites (N-methyl/N-ethyl adjacent to an activating group) is 1. The van der Waals surface area contributed by atoms with E-state index in [-0.39, 0.29) is 24.5 Å². The second-order valence-electron chi connectivity index (χ2n) is 8.70. The fourth-order valence-corrected chi connectivity index (χ4v) is 5.04. The standard InChI is InChI=1S/C23H29N3O2/c1-3-15(12-27)24-23(28)14-9-17-16-5-4-6-19-21(16)18(10-20(17)26(2)11-14)22(25-19)13-7-8-13/h4-6,9,13-15,20,25,27H,3,7-8,10-12H2,1-2H3,(H,24,28). The molecular formula is C23H29N3O2. The highest BCUT2D eigenvalue weighted by Gasteiger charge is 2.39. The van der Waals surface area contributed by atoms with Gasteiger partial charge in [-0.05, 0) is 61.4 Å². The van der Waals surface area contributed by atoms with Crippen LogP contribution in [0, 0.1) is 5.92 Å². The maximum atomic E-state index is 12.8. The summed E-state index contributed by atoms with van der Waals surface area (Å²) < 4.78 is 0. The van der Waals surface area contributed by atoms with Crippen LogP contribution in [-0.2, 0) is 11.2 Å². The Bertz CT molecular complexity index is 952. The number of H-pyrrole nitrogens is 1. The van der Waals surface area contributed by atoms with Gasteiger partial charge in [-0.3, -0.25) is 9.69 Å². The average Bonchev–Trinajstić information content (AvgIpc) is 3.49. The lowest BCUT2D eigenvalue weighted by Crippen LogP contribution is -2.48. The smallest absolute Gasteiger partial charge is 0.228 e. The number of nitrogens with zero attached hydrogens (tertiary/aromatic N) is 1. The van der Waals surface area contributed by atoms with Gasteiger partial charge in [-0.2, -0.15) is 0 Å². The molecule has 5 nitrogen and oxygen atoms in total. The fraction of sp³-hybridized carbons (Fsp3) is 0.522. The summed E-state index contributed by atoms with van der Waals surface area (Å²) in [4.78, 5) is 18.9. The lowest BCUT2D eigenvalue weighted by atomic mass is 9.79. The summed E-state index contributed by atoms with van der Waals surface area (Å²) in [6.45, 7) is 2.69. The summed E-state index contributed by atoms with van der Waals surface area (Å²) in [5, 5.41) is 13.8. The van der Waals surface area contributed by atoms with E-state index in [1.54, 1.807) is 0 Å². The van der Waals surface area contributed by atoms with Gasteiger partial charge in [0.2, 0.25) is 5.91 Å². The van der Waals surface area contributed by atoms with E-state index in [1.807, 2.05) is 6.92 Å². The van der Waals surface area contributed by atoms with Crippen molar-refractivity contribution in [3.8, 4) is 0 Å². The maximum Gasteiger partial charge on any atom is 0.228 e. The largest absolute Gasteiger partial charge is 0.394 e. The zero-order valence-electron chi connectivity index (χ0n) is 16.7. The van der Waals surface area contributed by atoms with E-state index < -0.39 is 0 Å². The van der Waals surface area contributed by atoms with E-state index in [4.69, 9.17) is 0 Å². The highest BCUT2D eigenvalue weighted by atomic mass is 16.3. The van der Waals surface area contributed by atoms with Crippen molar-refractivity contribution in [2.45, 2.75) is 50.6 Å². The van der Waals surface area contributed by atoms with Crippen molar-refractivity contribution < 1.29 is 9.90 Å². The molecular weight excluding hydrogens is 350 g/mol. The number of hydrogen-bond donors (Lipinski definition) is 3. The lowest BCUT2D eigenvalue weighted by molar-refractivity contribution is -0.125. The van der Waals surface area contributed by atoms with Gasteiger partial charge in [0, 0.05) is 29.2 Å². The molecule has 3 atom stereocenters. The summed E-state index contributed by atoms with van der Waals surface area (Å²) in [5.74, 6) is 0.539. The Morgan fingerprint density at radius 1 is 1.39 bits per heavy atom. The Balaban J connectivity index is 1.55. The average molecular weight is 380 g/mol. The molecule has 1 aromatic heterocycles. The molecule has 5 heteroatoms. The molecule has 2 aromatic rings. The van der Waals surface area contributed by atoms with Gasteiger partial charge in [-0.1, -0.05) is 25.1 Å². The monoisotopic (exact) mass is 379 g/mol. The molecule has 148 valence electrons. The van der Waals surface area contributed by atoms with Crippen molar-refractivity contribution in [3.05, 3.63) is 41.1 Å². The van der Waals surface area contributed by atoms with Crippen LogP contribution in [0.15, 0.2) is 24.3 Å². The molecule has 1 aromatic carbocycles. The number of aliphatic hydroxyl groups is 1. The zero-order chi connectivity index (χ0) is 19.4. The summed E-state index contributed by atoms with van der Waals surface area (Å²) in [5.41, 5.74) is 6.74. The predicted molar refractivity (Wildman–Crippen MR) is 111 cm³/mol. The SMILES string of the molecule is CCC(CO)NC(=O)C1C=C2c3cccc4[nH]c(C5CC5)c(c34)CC2N(C)C1. The summed E-state index contributed by atoms with van der Waals surface area (Å²) in [6, 6.07) is 6.68. The highest BCUT2D eigenvalue weighted by molar-refractivity contribution is 6.00. The van der Waals surface area contributed by atoms with E-state index >= 15 is 0 Å². The molecule has 1 saturated carbocycles. The first kappa shape index (κ1) is 18.0. The number of amides is 1. The molecule has 1 fully saturated rings. The first-order chi connectivity index (χ1) is 13.6. The Morgan fingerprint density at radius 2 is 2.21 bits per heavy atom. The van der Waals surface area contributed by atoms with Crippen LogP contribution in [0.5, 0.6) is 0 Å². The fourth-order valence-electron chi connectivity index (χ4n) is 5.04. The van der Waals surface area contributed by atoms with Crippen molar-refractivity contribution in [2.75, 3.05) is 20.2 Å². The highest BCUT2D eigenvalue weighted by Crippen LogP contribution is 2.48. The number of aliphatic hydroxyl groups excluding tert-OH is 1. The quantitative estimate of drug-likeness (QED) is 0.748. The molecule has 0 radical (unpaired) electrons. The van der Waals surface area contributed by atoms with Crippen LogP contribution in [0.3, 0.4) is 0 Å². The number of rotatable bonds is 5. The van der Waals surface area contributed by atoms with E-state index in [9.17, 15) is 9.90 Å². The molecule has 3 aliphatic rings. The van der Waals surface area contributed by atoms with Gasteiger partial charge in [0.05, 0.1) is 18.6 Å². The number of carbonyl (C=O) groups excluding carboxylic acids is 1. The number of aromatic amines is 1. The Labute approximate surface area is 165 Å². The zero-order valence-corrected chi connectivity index (χ0v) is 16.7. The number of fused-ring (bicyclic) bond motifs is 2. The molecule has 2 heterocycles. The normalized spacial score (nSPS) is 25.3. The molecule has 1 amide bonds. The van der Waals surface area contributed by atoms with Gasteiger partial charge < -0.3 is 15.4 Å². The lowest BCUT2D eigenvalue weighted by Gasteiger charge is -2.40. The predicted octanol–water partition coefficient (Wildman–Crippen LogP) is 2.80. The third-order valence-corrected chi connectivity index (χ3v) is 6.81. The minimum Gasteiger partial charge on any atom is -0.394 e. The Hall–Kier alpha value is -2.11. The molecule has 0 saturated heterocycles. The Kier molecular flexibility index (Phi) is 4.33. The number of carbonyl (C=O) groups is 1. The van der Waals surface area contributed by atoms with Crippen molar-refractivity contribution in [2.24, 2.45) is 5.92 Å². The summed E-state index contributed by atoms with van der Waals surface area (Å²) >= 11 is 0. The first-order valence-corrected chi connectivity index (χ1v) is 10.6. The minimum absolute atomic E-state index is 0.0139. The van der Waals surface area contributed by atoms with Gasteiger partial charge in [0.25, 0.3) is 0 Å². The third kappa shape index (κ3) is 2.80. The minimum atomic E-state index is -0.185. The van der Waals surface area contributed by atoms with Crippen LogP contribution in [0.25, 0.3) is 16.5 Å². The first-order valence-electron chi connectivity index (χ1n) is 10.6. The number of benzene rings is 1. The van der Waals surface area contributed by atoms with Crippen LogP contribution in [-0.4, -0.2) is 53.2 Å². The topological polar surface area (TPSA) is 68.4 Å². The maximum absolute atomic E-state index is 12.8. The second kappa shape index (κ2) is 6.75. The van der Waals surface area contributed by atoms with Crippen molar-refractivity contribution in [3.63, 3.8) is 0 Å². The van der Waals surface area contributed by atoms with Crippen LogP contribution >= 0.6 is 0 Å². The van der Waals surface area contributed by atoms with E-state index in [1.165, 1.54) is 46.1 Å². The Morgan fingerprint density at radius 3 is 2.93 bits per heavy atom. The molecule has 2 aliphatic carbocycles. The molecule has 0 bridgehead atoms. The molecule has 0 spiro atoms. The van der Waals surface area contributed by atoms with Crippen LogP contribution in [0.2, 0.25) is 0 Å². The van der Waals surface area contributed by atoms with E-state index in [2.05, 4.69) is 46.5 Å². The van der Waals surface area contributed by atoms with Crippen LogP contribution < -0.4 is 5.32 Å². The number of nitrogens with one attached hydrogen (secondary N) is 2. The summed E-state index contributed by atoms with van der Waals surface area (Å²) in [6.07, 6.45) is 6.54. The van der Waals surface area contributed by atoms with Gasteiger partial charge in [-0.25, -0.2) is 0 Å². The second-order valence-corrected chi connectivity index (χ2v) is 8.70.